The summed E-state index contributed by atoms with van der Waals surface area (Å²) in [6.45, 7) is -6.07. The van der Waals surface area contributed by atoms with Gasteiger partial charge >= 0.3 is 13.2 Å². The molecule has 1 unspecified atom stereocenters. The third kappa shape index (κ3) is 4.06. The molecule has 0 fully saturated rings. The van der Waals surface area contributed by atoms with E-state index in [1.54, 1.807) is 6.07 Å². The van der Waals surface area contributed by atoms with Crippen LogP contribution in [0.5, 0.6) is 0 Å². The summed E-state index contributed by atoms with van der Waals surface area (Å²) in [5, 5.41) is 0. The molecule has 17 heavy (non-hydrogen) atoms. The molecule has 1 aromatic carbocycles. The molecule has 92 valence electrons. The van der Waals surface area contributed by atoms with Crippen molar-refractivity contribution in [2.75, 3.05) is 0 Å². The van der Waals surface area contributed by atoms with Gasteiger partial charge in [-0.2, -0.15) is 13.2 Å². The predicted octanol–water partition coefficient (Wildman–Crippen LogP) is 3.82. The van der Waals surface area contributed by atoms with Crippen molar-refractivity contribution in [2.45, 2.75) is 12.0 Å². The third-order valence-corrected chi connectivity index (χ3v) is 1.88. The molecule has 0 aliphatic heterocycles. The van der Waals surface area contributed by atoms with Gasteiger partial charge in [0.25, 0.3) is 0 Å². The first-order valence-electron chi connectivity index (χ1n) is 4.54. The van der Waals surface area contributed by atoms with Crippen molar-refractivity contribution in [3.8, 4) is 11.8 Å². The van der Waals surface area contributed by atoms with Gasteiger partial charge in [0.2, 0.25) is 0 Å². The highest BCUT2D eigenvalue weighted by Crippen LogP contribution is 2.40. The minimum Gasteiger partial charge on any atom is -0.448 e. The number of benzene rings is 1. The van der Waals surface area contributed by atoms with Gasteiger partial charge in [-0.3, -0.25) is 0 Å². The van der Waals surface area contributed by atoms with Gasteiger partial charge in [-0.25, -0.2) is 0 Å². The Morgan fingerprint density at radius 2 is 1.53 bits per heavy atom. The van der Waals surface area contributed by atoms with E-state index >= 15 is 0 Å². The van der Waals surface area contributed by atoms with E-state index in [1.807, 2.05) is 5.92 Å². The first kappa shape index (κ1) is 13.5. The van der Waals surface area contributed by atoms with Crippen molar-refractivity contribution in [3.63, 3.8) is 0 Å². The van der Waals surface area contributed by atoms with E-state index in [9.17, 15) is 26.1 Å². The Morgan fingerprint density at radius 1 is 1.00 bits per heavy atom. The van der Waals surface area contributed by atoms with Gasteiger partial charge in [-0.05, 0) is 12.1 Å². The Balaban J connectivity index is 3.01. The van der Waals surface area contributed by atoms with Crippen molar-refractivity contribution >= 4 is 6.98 Å². The van der Waals surface area contributed by atoms with Gasteiger partial charge in [0, 0.05) is 5.56 Å². The van der Waals surface area contributed by atoms with Crippen molar-refractivity contribution in [1.29, 1.82) is 0 Å². The second kappa shape index (κ2) is 4.74. The third-order valence-electron chi connectivity index (χ3n) is 1.88. The fourth-order valence-corrected chi connectivity index (χ4v) is 1.07. The first-order chi connectivity index (χ1) is 7.71. The van der Waals surface area contributed by atoms with E-state index in [1.165, 1.54) is 30.2 Å². The Labute approximate surface area is 93.7 Å². The van der Waals surface area contributed by atoms with E-state index in [0.717, 1.165) is 0 Å². The zero-order valence-electron chi connectivity index (χ0n) is 8.31. The molecule has 0 saturated carbocycles. The molecule has 0 saturated heterocycles. The van der Waals surface area contributed by atoms with Crippen molar-refractivity contribution in [2.24, 2.45) is 0 Å². The highest BCUT2D eigenvalue weighted by molar-refractivity contribution is 6.61. The van der Waals surface area contributed by atoms with Gasteiger partial charge in [-0.1, -0.05) is 24.1 Å². The second-order valence-electron chi connectivity index (χ2n) is 3.28. The van der Waals surface area contributed by atoms with Crippen LogP contribution in [0.2, 0.25) is 5.82 Å². The lowest BCUT2D eigenvalue weighted by molar-refractivity contribution is -0.128. The second-order valence-corrected chi connectivity index (χ2v) is 3.28. The van der Waals surface area contributed by atoms with Gasteiger partial charge in [0.1, 0.15) is 0 Å². The summed E-state index contributed by atoms with van der Waals surface area (Å²) in [5.74, 6) is -0.426. The Kier molecular flexibility index (Phi) is 3.76. The molecule has 1 aromatic rings. The summed E-state index contributed by atoms with van der Waals surface area (Å²) < 4.78 is 72.8. The van der Waals surface area contributed by atoms with Crippen LogP contribution in [0.25, 0.3) is 0 Å². The van der Waals surface area contributed by atoms with Crippen molar-refractivity contribution in [1.82, 2.24) is 0 Å². The Bertz CT molecular complexity index is 408. The zero-order valence-corrected chi connectivity index (χ0v) is 8.31. The molecule has 0 aromatic heterocycles. The van der Waals surface area contributed by atoms with Crippen molar-refractivity contribution < 1.29 is 26.1 Å². The van der Waals surface area contributed by atoms with Crippen LogP contribution in [0, 0.1) is 11.8 Å². The molecule has 0 N–H and O–H groups in total. The maximum Gasteiger partial charge on any atom is 0.502 e. The predicted molar refractivity (Wildman–Crippen MR) is 52.2 cm³/mol. The highest BCUT2D eigenvalue weighted by Gasteiger charge is 2.51. The van der Waals surface area contributed by atoms with Gasteiger partial charge in [0.15, 0.2) is 0 Å². The standard InChI is InChI=1S/C10H6BF6/c12-10(13,14)9(11(15,16)17)7-6-8-4-2-1-3-5-8/h1-5,9H/q-1. The van der Waals surface area contributed by atoms with Crippen LogP contribution >= 0.6 is 0 Å². The normalized spacial score (nSPS) is 13.8. The Morgan fingerprint density at radius 3 is 1.94 bits per heavy atom. The molecule has 0 aliphatic rings. The van der Waals surface area contributed by atoms with Gasteiger partial charge in [0.05, 0.1) is 5.82 Å². The smallest absolute Gasteiger partial charge is 0.448 e. The SMILES string of the molecule is F[B-](F)(F)C(C#Cc1ccccc1)C(F)(F)F. The maximum atomic E-state index is 12.2. The molecule has 0 heterocycles. The minimum atomic E-state index is -6.07. The van der Waals surface area contributed by atoms with Crippen LogP contribution in [0.15, 0.2) is 30.3 Å². The summed E-state index contributed by atoms with van der Waals surface area (Å²) in [5.41, 5.74) is 0.113. The number of rotatable bonds is 1. The van der Waals surface area contributed by atoms with E-state index in [2.05, 4.69) is 0 Å². The molecule has 0 aliphatic carbocycles. The minimum absolute atomic E-state index is 0.113. The van der Waals surface area contributed by atoms with Crippen LogP contribution in [-0.2, 0) is 0 Å². The molecule has 7 heteroatoms. The highest BCUT2D eigenvalue weighted by atomic mass is 19.4. The van der Waals surface area contributed by atoms with Crippen LogP contribution in [0.3, 0.4) is 0 Å². The van der Waals surface area contributed by atoms with Gasteiger partial charge in [-0.15, -0.1) is 5.92 Å². The fraction of sp³-hybridized carbons (Fsp3) is 0.200. The molecule has 1 rings (SSSR count). The molecule has 1 atom stereocenters. The molecular formula is C10H6BF6-. The monoisotopic (exact) mass is 251 g/mol. The lowest BCUT2D eigenvalue weighted by atomic mass is 9.72. The molecule has 0 radical (unpaired) electrons. The van der Waals surface area contributed by atoms with Crippen molar-refractivity contribution in [3.05, 3.63) is 35.9 Å². The molecule has 0 amide bonds. The zero-order chi connectivity index (χ0) is 13.1. The molecule has 0 bridgehead atoms. The number of alkyl halides is 3. The molecule has 0 nitrogen and oxygen atoms in total. The summed E-state index contributed by atoms with van der Waals surface area (Å²) in [6, 6.07) is 7.21. The lowest BCUT2D eigenvalue weighted by Crippen LogP contribution is -2.34. The summed E-state index contributed by atoms with van der Waals surface area (Å²) in [6.07, 6.45) is -5.39. The largest absolute Gasteiger partial charge is 0.502 e. The van der Waals surface area contributed by atoms with E-state index in [0.29, 0.717) is 0 Å². The average molecular weight is 251 g/mol. The average Bonchev–Trinajstić information content (AvgIpc) is 2.15. The molecular weight excluding hydrogens is 245 g/mol. The van der Waals surface area contributed by atoms with Crippen LogP contribution in [0.1, 0.15) is 5.56 Å². The fourth-order valence-electron chi connectivity index (χ4n) is 1.07. The number of hydrogen-bond acceptors (Lipinski definition) is 0. The van der Waals surface area contributed by atoms with Crippen LogP contribution < -0.4 is 0 Å². The Hall–Kier alpha value is -1.58. The number of halogens is 6. The lowest BCUT2D eigenvalue weighted by Gasteiger charge is -2.24. The van der Waals surface area contributed by atoms with E-state index < -0.39 is 19.0 Å². The first-order valence-corrected chi connectivity index (χ1v) is 4.54. The van der Waals surface area contributed by atoms with Crippen LogP contribution in [0.4, 0.5) is 26.1 Å². The summed E-state index contributed by atoms with van der Waals surface area (Å²) in [4.78, 5) is 0. The summed E-state index contributed by atoms with van der Waals surface area (Å²) in [7, 11) is 0. The maximum absolute atomic E-state index is 12.2. The number of hydrogen-bond donors (Lipinski definition) is 0. The van der Waals surface area contributed by atoms with Gasteiger partial charge < -0.3 is 12.9 Å². The molecule has 0 spiro atoms. The quantitative estimate of drug-likeness (QED) is 0.404. The topological polar surface area (TPSA) is 0 Å². The van der Waals surface area contributed by atoms with E-state index in [4.69, 9.17) is 0 Å². The van der Waals surface area contributed by atoms with Crippen LogP contribution in [-0.4, -0.2) is 13.2 Å². The van der Waals surface area contributed by atoms with E-state index in [-0.39, 0.29) is 5.56 Å². The summed E-state index contributed by atoms with van der Waals surface area (Å²) >= 11 is 0.